The number of ether oxygens (including phenoxy) is 2. The number of amides is 1. The molecule has 3 aromatic rings. The topological polar surface area (TPSA) is 67.5 Å². The van der Waals surface area contributed by atoms with Gasteiger partial charge >= 0.3 is 0 Å². The molecule has 30 heavy (non-hydrogen) atoms. The van der Waals surface area contributed by atoms with Gasteiger partial charge in [0.15, 0.2) is 0 Å². The van der Waals surface area contributed by atoms with Crippen LogP contribution in [0, 0.1) is 0 Å². The van der Waals surface area contributed by atoms with Crippen LogP contribution in [0.15, 0.2) is 54.9 Å². The van der Waals surface area contributed by atoms with Crippen LogP contribution in [0.3, 0.4) is 0 Å². The second-order valence-electron chi connectivity index (χ2n) is 7.88. The fourth-order valence-corrected chi connectivity index (χ4v) is 4.63. The molecule has 1 N–H and O–H groups in total. The van der Waals surface area contributed by atoms with E-state index in [1.54, 1.807) is 13.3 Å². The van der Waals surface area contributed by atoms with E-state index in [2.05, 4.69) is 28.4 Å². The predicted octanol–water partition coefficient (Wildman–Crippen LogP) is 4.52. The zero-order valence-electron chi connectivity index (χ0n) is 17.0. The van der Waals surface area contributed by atoms with E-state index in [4.69, 9.17) is 9.47 Å². The van der Waals surface area contributed by atoms with Crippen molar-refractivity contribution in [3.05, 3.63) is 71.5 Å². The molecule has 154 valence electrons. The van der Waals surface area contributed by atoms with Crippen LogP contribution in [0.4, 0.5) is 0 Å². The Hall–Kier alpha value is -3.12. The Kier molecular flexibility index (Phi) is 5.01. The lowest BCUT2D eigenvalue weighted by atomic mass is 9.96. The molecular formula is C24H25N3O3. The molecule has 2 aliphatic rings. The van der Waals surface area contributed by atoms with Crippen molar-refractivity contribution in [2.75, 3.05) is 20.3 Å². The average Bonchev–Trinajstić information content (AvgIpc) is 3.42. The maximum atomic E-state index is 13.7. The van der Waals surface area contributed by atoms with Crippen molar-refractivity contribution in [1.82, 2.24) is 15.1 Å². The molecule has 2 aliphatic heterocycles. The molecule has 1 fully saturated rings. The number of nitrogens with one attached hydrogen (secondary N) is 1. The van der Waals surface area contributed by atoms with E-state index in [1.807, 2.05) is 35.4 Å². The smallest absolute Gasteiger partial charge is 0.255 e. The summed E-state index contributed by atoms with van der Waals surface area (Å²) in [6.07, 6.45) is 6.60. The lowest BCUT2D eigenvalue weighted by Crippen LogP contribution is -2.35. The van der Waals surface area contributed by atoms with Crippen molar-refractivity contribution in [2.45, 2.75) is 31.3 Å². The van der Waals surface area contributed by atoms with Gasteiger partial charge in [0.2, 0.25) is 0 Å². The quantitative estimate of drug-likeness (QED) is 0.698. The Balaban J connectivity index is 1.58. The molecule has 6 heteroatoms. The molecule has 2 atom stereocenters. The first kappa shape index (κ1) is 18.9. The number of methoxy groups -OCH3 is 1. The van der Waals surface area contributed by atoms with Gasteiger partial charge in [-0.2, -0.15) is 5.10 Å². The molecule has 0 bridgehead atoms. The Labute approximate surface area is 175 Å². The monoisotopic (exact) mass is 403 g/mol. The van der Waals surface area contributed by atoms with E-state index < -0.39 is 0 Å². The van der Waals surface area contributed by atoms with Crippen LogP contribution < -0.4 is 4.74 Å². The van der Waals surface area contributed by atoms with Crippen molar-refractivity contribution in [1.29, 1.82) is 0 Å². The highest BCUT2D eigenvalue weighted by Gasteiger charge is 2.41. The van der Waals surface area contributed by atoms with E-state index in [0.717, 1.165) is 59.4 Å². The third-order valence-electron chi connectivity index (χ3n) is 6.15. The molecule has 3 heterocycles. The predicted molar refractivity (Wildman–Crippen MR) is 113 cm³/mol. The number of hydrogen-bond donors (Lipinski definition) is 1. The van der Waals surface area contributed by atoms with Crippen LogP contribution in [0.2, 0.25) is 0 Å². The second-order valence-corrected chi connectivity index (χ2v) is 7.88. The number of aromatic nitrogens is 2. The van der Waals surface area contributed by atoms with Crippen LogP contribution in [0.1, 0.15) is 52.8 Å². The highest BCUT2D eigenvalue weighted by Crippen LogP contribution is 2.44. The zero-order valence-corrected chi connectivity index (χ0v) is 17.0. The highest BCUT2D eigenvalue weighted by molar-refractivity contribution is 6.00. The molecule has 0 spiro atoms. The maximum Gasteiger partial charge on any atom is 0.255 e. The lowest BCUT2D eigenvalue weighted by molar-refractivity contribution is 0.0385. The summed E-state index contributed by atoms with van der Waals surface area (Å²) in [5.41, 5.74) is 4.92. The lowest BCUT2D eigenvalue weighted by Gasteiger charge is -2.33. The Morgan fingerprint density at radius 2 is 2.07 bits per heavy atom. The van der Waals surface area contributed by atoms with Crippen molar-refractivity contribution in [3.8, 4) is 16.9 Å². The van der Waals surface area contributed by atoms with Gasteiger partial charge in [-0.3, -0.25) is 9.89 Å². The molecule has 1 amide bonds. The molecule has 0 saturated carbocycles. The fraction of sp³-hybridized carbons (Fsp3) is 0.333. The van der Waals surface area contributed by atoms with Gasteiger partial charge in [0.1, 0.15) is 5.75 Å². The number of nitrogens with zero attached hydrogens (tertiary/aromatic N) is 2. The van der Waals surface area contributed by atoms with Gasteiger partial charge in [0.25, 0.3) is 5.91 Å². The number of rotatable bonds is 3. The fourth-order valence-electron chi connectivity index (χ4n) is 4.63. The van der Waals surface area contributed by atoms with Crippen molar-refractivity contribution in [2.24, 2.45) is 0 Å². The number of fused-ring (bicyclic) bond motifs is 3. The van der Waals surface area contributed by atoms with Gasteiger partial charge < -0.3 is 14.4 Å². The summed E-state index contributed by atoms with van der Waals surface area (Å²) in [6, 6.07) is 14.1. The van der Waals surface area contributed by atoms with Crippen LogP contribution in [0.25, 0.3) is 11.1 Å². The molecule has 1 saturated heterocycles. The summed E-state index contributed by atoms with van der Waals surface area (Å²) in [6.45, 7) is 1.21. The SMILES string of the molecule is COc1cccc([C@H]2COCCCCC3c4ccc(-c5cn[nH]c5)cc4C(=O)N32)c1. The summed E-state index contributed by atoms with van der Waals surface area (Å²) in [5.74, 6) is 0.856. The Bertz CT molecular complexity index is 1050. The molecule has 5 rings (SSSR count). The molecule has 2 aromatic carbocycles. The summed E-state index contributed by atoms with van der Waals surface area (Å²) in [7, 11) is 1.66. The first-order valence-corrected chi connectivity index (χ1v) is 10.4. The minimum Gasteiger partial charge on any atom is -0.497 e. The van der Waals surface area contributed by atoms with Crippen LogP contribution in [-0.2, 0) is 4.74 Å². The van der Waals surface area contributed by atoms with Crippen LogP contribution in [-0.4, -0.2) is 41.3 Å². The van der Waals surface area contributed by atoms with E-state index in [-0.39, 0.29) is 18.0 Å². The molecule has 0 radical (unpaired) electrons. The second kappa shape index (κ2) is 7.95. The molecule has 1 unspecified atom stereocenters. The van der Waals surface area contributed by atoms with Crippen LogP contribution >= 0.6 is 0 Å². The number of aromatic amines is 1. The zero-order chi connectivity index (χ0) is 20.5. The number of carbonyl (C=O) groups is 1. The van der Waals surface area contributed by atoms with Gasteiger partial charge in [-0.05, 0) is 54.2 Å². The van der Waals surface area contributed by atoms with Gasteiger partial charge in [0.05, 0.1) is 32.0 Å². The standard InChI is InChI=1S/C24H25N3O3/c1-29-19-6-4-5-17(11-19)23-15-30-10-3-2-7-22-20-9-8-16(18-13-25-26-14-18)12-21(20)24(28)27(22)23/h4-6,8-9,11-14,22-23H,2-3,7,10,15H2,1H3,(H,25,26)/t22?,23-/m1/s1. The normalized spacial score (nSPS) is 21.4. The minimum absolute atomic E-state index is 0.0591. The van der Waals surface area contributed by atoms with E-state index >= 15 is 0 Å². The molecule has 0 aliphatic carbocycles. The number of carbonyl (C=O) groups excluding carboxylic acids is 1. The van der Waals surface area contributed by atoms with E-state index in [1.165, 1.54) is 0 Å². The number of hydrogen-bond acceptors (Lipinski definition) is 4. The van der Waals surface area contributed by atoms with E-state index in [0.29, 0.717) is 6.61 Å². The van der Waals surface area contributed by atoms with E-state index in [9.17, 15) is 4.79 Å². The largest absolute Gasteiger partial charge is 0.497 e. The Morgan fingerprint density at radius 1 is 1.13 bits per heavy atom. The maximum absolute atomic E-state index is 13.7. The molecular weight excluding hydrogens is 378 g/mol. The van der Waals surface area contributed by atoms with Gasteiger partial charge in [-0.1, -0.05) is 24.3 Å². The minimum atomic E-state index is -0.152. The van der Waals surface area contributed by atoms with Gasteiger partial charge in [0, 0.05) is 23.9 Å². The van der Waals surface area contributed by atoms with Gasteiger partial charge in [-0.25, -0.2) is 0 Å². The summed E-state index contributed by atoms with van der Waals surface area (Å²) < 4.78 is 11.4. The molecule has 6 nitrogen and oxygen atoms in total. The summed E-state index contributed by atoms with van der Waals surface area (Å²) in [5, 5.41) is 6.88. The third kappa shape index (κ3) is 3.27. The number of H-pyrrole nitrogens is 1. The van der Waals surface area contributed by atoms with Gasteiger partial charge in [-0.15, -0.1) is 0 Å². The van der Waals surface area contributed by atoms with Crippen LogP contribution in [0.5, 0.6) is 5.75 Å². The van der Waals surface area contributed by atoms with Crippen molar-refractivity contribution in [3.63, 3.8) is 0 Å². The molecule has 1 aromatic heterocycles. The number of benzene rings is 2. The first-order chi connectivity index (χ1) is 14.8. The Morgan fingerprint density at radius 3 is 2.90 bits per heavy atom. The first-order valence-electron chi connectivity index (χ1n) is 10.4. The van der Waals surface area contributed by atoms with Crippen molar-refractivity contribution >= 4 is 5.91 Å². The summed E-state index contributed by atoms with van der Waals surface area (Å²) in [4.78, 5) is 15.7. The van der Waals surface area contributed by atoms with Crippen molar-refractivity contribution < 1.29 is 14.3 Å². The highest BCUT2D eigenvalue weighted by atomic mass is 16.5. The third-order valence-corrected chi connectivity index (χ3v) is 6.15. The summed E-state index contributed by atoms with van der Waals surface area (Å²) >= 11 is 0. The average molecular weight is 403 g/mol.